The Balaban J connectivity index is 1.46. The third-order valence-electron chi connectivity index (χ3n) is 6.46. The molecule has 0 unspecified atom stereocenters. The number of amides is 2. The average molecular weight is 423 g/mol. The molecule has 2 aliphatic carbocycles. The molecule has 2 bridgehead atoms. The normalized spacial score (nSPS) is 24.1. The van der Waals surface area contributed by atoms with Crippen molar-refractivity contribution < 1.29 is 9.59 Å². The van der Waals surface area contributed by atoms with E-state index in [9.17, 15) is 9.59 Å². The van der Waals surface area contributed by atoms with Crippen molar-refractivity contribution in [3.63, 3.8) is 0 Å². The summed E-state index contributed by atoms with van der Waals surface area (Å²) < 4.78 is 0. The Labute approximate surface area is 182 Å². The van der Waals surface area contributed by atoms with E-state index < -0.39 is 0 Å². The largest absolute Gasteiger partial charge is 0.369 e. The molecule has 0 saturated heterocycles. The molecule has 31 heavy (non-hydrogen) atoms. The maximum absolute atomic E-state index is 12.1. The van der Waals surface area contributed by atoms with E-state index in [1.54, 1.807) is 18.3 Å². The molecule has 2 fully saturated rings. The van der Waals surface area contributed by atoms with Gasteiger partial charge < -0.3 is 21.7 Å². The van der Waals surface area contributed by atoms with Crippen LogP contribution in [0.3, 0.4) is 0 Å². The van der Waals surface area contributed by atoms with E-state index in [0.29, 0.717) is 29.9 Å². The predicted molar refractivity (Wildman–Crippen MR) is 120 cm³/mol. The van der Waals surface area contributed by atoms with Crippen LogP contribution in [0.5, 0.6) is 0 Å². The van der Waals surface area contributed by atoms with Crippen LogP contribution in [0.4, 0.5) is 17.5 Å². The highest BCUT2D eigenvalue weighted by Crippen LogP contribution is 2.49. The van der Waals surface area contributed by atoms with Crippen molar-refractivity contribution in [2.45, 2.75) is 45.6 Å². The minimum Gasteiger partial charge on any atom is -0.369 e. The van der Waals surface area contributed by atoms with E-state index >= 15 is 0 Å². The number of hydrogen-bond donors (Lipinski definition) is 4. The summed E-state index contributed by atoms with van der Waals surface area (Å²) in [5, 5.41) is 9.55. The second kappa shape index (κ2) is 8.91. The van der Waals surface area contributed by atoms with Crippen LogP contribution in [-0.4, -0.2) is 34.4 Å². The van der Waals surface area contributed by atoms with E-state index in [2.05, 4.69) is 25.9 Å². The highest BCUT2D eigenvalue weighted by atomic mass is 16.2. The van der Waals surface area contributed by atoms with Crippen LogP contribution >= 0.6 is 0 Å². The van der Waals surface area contributed by atoms with Gasteiger partial charge in [-0.3, -0.25) is 9.59 Å². The predicted octanol–water partition coefficient (Wildman–Crippen LogP) is 2.98. The lowest BCUT2D eigenvalue weighted by molar-refractivity contribution is -0.123. The van der Waals surface area contributed by atoms with Crippen molar-refractivity contribution in [3.8, 4) is 0 Å². The molecule has 1 aromatic carbocycles. The summed E-state index contributed by atoms with van der Waals surface area (Å²) in [5.74, 6) is 1.56. The Kier molecular flexibility index (Phi) is 6.06. The molecule has 4 atom stereocenters. The smallest absolute Gasteiger partial charge is 0.251 e. The summed E-state index contributed by atoms with van der Waals surface area (Å²) in [7, 11) is 0. The van der Waals surface area contributed by atoms with Gasteiger partial charge in [0.2, 0.25) is 11.9 Å². The fraction of sp³-hybridized carbons (Fsp3) is 0.478. The Morgan fingerprint density at radius 2 is 1.90 bits per heavy atom. The molecule has 4 rings (SSSR count). The van der Waals surface area contributed by atoms with Crippen molar-refractivity contribution in [3.05, 3.63) is 41.6 Å². The van der Waals surface area contributed by atoms with E-state index in [4.69, 9.17) is 5.73 Å². The summed E-state index contributed by atoms with van der Waals surface area (Å²) >= 11 is 0. The SMILES string of the molecule is CCCNC(=O)c1ccc(Nc2ncc(C)c(N[C@@H]3[C@@H]4CC[C@@H](C4)[C@@H]3C(N)=O)n2)cc1. The van der Waals surface area contributed by atoms with Gasteiger partial charge in [-0.25, -0.2) is 4.98 Å². The van der Waals surface area contributed by atoms with Crippen molar-refractivity contribution >= 4 is 29.3 Å². The van der Waals surface area contributed by atoms with Gasteiger partial charge in [0.25, 0.3) is 5.91 Å². The van der Waals surface area contributed by atoms with Crippen molar-refractivity contribution in [2.75, 3.05) is 17.2 Å². The van der Waals surface area contributed by atoms with Gasteiger partial charge in [0.15, 0.2) is 0 Å². The number of aromatic nitrogens is 2. The number of aryl methyl sites for hydroxylation is 1. The summed E-state index contributed by atoms with van der Waals surface area (Å²) in [5.41, 5.74) is 8.02. The van der Waals surface area contributed by atoms with Crippen molar-refractivity contribution in [1.82, 2.24) is 15.3 Å². The second-order valence-corrected chi connectivity index (χ2v) is 8.61. The molecular weight excluding hydrogens is 392 g/mol. The molecule has 2 amide bonds. The van der Waals surface area contributed by atoms with Crippen molar-refractivity contribution in [2.24, 2.45) is 23.5 Å². The molecule has 0 radical (unpaired) electrons. The Morgan fingerprint density at radius 1 is 1.16 bits per heavy atom. The number of carbonyl (C=O) groups excluding carboxylic acids is 2. The van der Waals surface area contributed by atoms with E-state index in [1.807, 2.05) is 26.0 Å². The second-order valence-electron chi connectivity index (χ2n) is 8.61. The first-order valence-electron chi connectivity index (χ1n) is 11.0. The monoisotopic (exact) mass is 422 g/mol. The molecule has 164 valence electrons. The summed E-state index contributed by atoms with van der Waals surface area (Å²) in [6.45, 7) is 4.62. The highest BCUT2D eigenvalue weighted by molar-refractivity contribution is 5.94. The molecule has 0 spiro atoms. The molecule has 2 saturated carbocycles. The number of nitrogens with two attached hydrogens (primary N) is 1. The molecule has 2 aliphatic rings. The first-order valence-corrected chi connectivity index (χ1v) is 11.0. The summed E-state index contributed by atoms with van der Waals surface area (Å²) in [6, 6.07) is 7.23. The van der Waals surface area contributed by atoms with E-state index in [0.717, 1.165) is 42.8 Å². The van der Waals surface area contributed by atoms with Crippen LogP contribution in [0.1, 0.15) is 48.5 Å². The van der Waals surface area contributed by atoms with Crippen LogP contribution in [0.15, 0.2) is 30.5 Å². The molecule has 8 heteroatoms. The number of nitrogens with one attached hydrogen (secondary N) is 3. The third kappa shape index (κ3) is 4.47. The van der Waals surface area contributed by atoms with Gasteiger partial charge in [0, 0.05) is 35.6 Å². The molecule has 5 N–H and O–H groups in total. The molecule has 1 aromatic heterocycles. The maximum atomic E-state index is 12.1. The lowest BCUT2D eigenvalue weighted by Gasteiger charge is -2.30. The highest BCUT2D eigenvalue weighted by Gasteiger charge is 2.50. The third-order valence-corrected chi connectivity index (χ3v) is 6.46. The molecule has 0 aliphatic heterocycles. The first-order chi connectivity index (χ1) is 15.0. The van der Waals surface area contributed by atoms with Gasteiger partial charge in [0.05, 0.1) is 5.92 Å². The van der Waals surface area contributed by atoms with Gasteiger partial charge in [-0.15, -0.1) is 0 Å². The molecular formula is C23H30N6O2. The Morgan fingerprint density at radius 3 is 2.61 bits per heavy atom. The fourth-order valence-electron chi connectivity index (χ4n) is 4.89. The number of fused-ring (bicyclic) bond motifs is 2. The van der Waals surface area contributed by atoms with E-state index in [-0.39, 0.29) is 23.8 Å². The average Bonchev–Trinajstić information content (AvgIpc) is 3.36. The number of carbonyl (C=O) groups is 2. The summed E-state index contributed by atoms with van der Waals surface area (Å²) in [6.07, 6.45) is 5.92. The maximum Gasteiger partial charge on any atom is 0.251 e. The quantitative estimate of drug-likeness (QED) is 0.519. The van der Waals surface area contributed by atoms with E-state index in [1.165, 1.54) is 0 Å². The van der Waals surface area contributed by atoms with Crippen LogP contribution in [0.2, 0.25) is 0 Å². The lowest BCUT2D eigenvalue weighted by Crippen LogP contribution is -2.42. The van der Waals surface area contributed by atoms with Gasteiger partial charge in [-0.2, -0.15) is 4.98 Å². The van der Waals surface area contributed by atoms with Gasteiger partial charge in [-0.1, -0.05) is 6.92 Å². The van der Waals surface area contributed by atoms with Gasteiger partial charge in [-0.05, 0) is 68.7 Å². The zero-order valence-corrected chi connectivity index (χ0v) is 18.0. The standard InChI is InChI=1S/C23H30N6O2/c1-3-10-25-22(31)14-6-8-17(9-7-14)27-23-26-12-13(2)21(29-23)28-19-16-5-4-15(11-16)18(19)20(24)30/h6-9,12,15-16,18-19H,3-5,10-11H2,1-2H3,(H2,24,30)(H,25,31)(H2,26,27,28,29)/t15-,16+,18-,19+/m0/s1. The number of anilines is 3. The Hall–Kier alpha value is -3.16. The zero-order valence-electron chi connectivity index (χ0n) is 18.0. The van der Waals surface area contributed by atoms with Crippen LogP contribution in [-0.2, 0) is 4.79 Å². The summed E-state index contributed by atoms with van der Waals surface area (Å²) in [4.78, 5) is 33.1. The van der Waals surface area contributed by atoms with Crippen LogP contribution in [0.25, 0.3) is 0 Å². The topological polar surface area (TPSA) is 122 Å². The molecule has 8 nitrogen and oxygen atoms in total. The number of nitrogens with zero attached hydrogens (tertiary/aromatic N) is 2. The van der Waals surface area contributed by atoms with Gasteiger partial charge >= 0.3 is 0 Å². The minimum atomic E-state index is -0.224. The number of rotatable bonds is 8. The van der Waals surface area contributed by atoms with Crippen LogP contribution in [0, 0.1) is 24.7 Å². The molecule has 1 heterocycles. The molecule has 2 aromatic rings. The zero-order chi connectivity index (χ0) is 22.0. The number of benzene rings is 1. The van der Waals surface area contributed by atoms with Gasteiger partial charge in [0.1, 0.15) is 5.82 Å². The number of hydrogen-bond acceptors (Lipinski definition) is 6. The van der Waals surface area contributed by atoms with Crippen LogP contribution < -0.4 is 21.7 Å². The van der Waals surface area contributed by atoms with Crippen molar-refractivity contribution in [1.29, 1.82) is 0 Å². The number of primary amides is 1. The fourth-order valence-corrected chi connectivity index (χ4v) is 4.89. The Bertz CT molecular complexity index is 961. The first kappa shape index (κ1) is 21.1. The lowest BCUT2D eigenvalue weighted by atomic mass is 9.84. The minimum absolute atomic E-state index is 0.0265.